The van der Waals surface area contributed by atoms with Gasteiger partial charge in [0, 0.05) is 28.9 Å². The van der Waals surface area contributed by atoms with Crippen molar-refractivity contribution in [3.8, 4) is 0 Å². The minimum atomic E-state index is -0.268. The van der Waals surface area contributed by atoms with Gasteiger partial charge in [0.15, 0.2) is 0 Å². The number of benzene rings is 2. The fourth-order valence-corrected chi connectivity index (χ4v) is 2.32. The van der Waals surface area contributed by atoms with Gasteiger partial charge in [0.2, 0.25) is 0 Å². The van der Waals surface area contributed by atoms with E-state index >= 15 is 0 Å². The fourth-order valence-electron chi connectivity index (χ4n) is 2.12. The molecule has 0 amide bonds. The van der Waals surface area contributed by atoms with Gasteiger partial charge < -0.3 is 5.73 Å². The van der Waals surface area contributed by atoms with Crippen molar-refractivity contribution in [2.24, 2.45) is 0 Å². The van der Waals surface area contributed by atoms with Crippen LogP contribution in [0, 0.1) is 5.82 Å². The Morgan fingerprint density at radius 3 is 2.65 bits per heavy atom. The summed E-state index contributed by atoms with van der Waals surface area (Å²) in [6.45, 7) is 2.58. The fraction of sp³-hybridized carbons (Fsp3) is 0.250. The van der Waals surface area contributed by atoms with E-state index in [4.69, 9.17) is 17.3 Å². The quantitative estimate of drug-likeness (QED) is 0.854. The van der Waals surface area contributed by atoms with E-state index in [1.807, 2.05) is 31.3 Å². The van der Waals surface area contributed by atoms with Crippen molar-refractivity contribution in [3.63, 3.8) is 0 Å². The predicted octanol–water partition coefficient (Wildman–Crippen LogP) is 4.25. The molecule has 0 heterocycles. The van der Waals surface area contributed by atoms with Crippen LogP contribution in [0.4, 0.5) is 10.1 Å². The van der Waals surface area contributed by atoms with Gasteiger partial charge in [-0.1, -0.05) is 29.8 Å². The molecule has 4 heteroatoms. The average Bonchev–Trinajstić information content (AvgIpc) is 2.41. The lowest BCUT2D eigenvalue weighted by molar-refractivity contribution is 0.249. The highest BCUT2D eigenvalue weighted by Crippen LogP contribution is 2.24. The highest BCUT2D eigenvalue weighted by atomic mass is 35.5. The zero-order valence-corrected chi connectivity index (χ0v) is 12.4. The standard InChI is InChI=1S/C16H18ClFN2/c1-11(12-4-3-5-14(17)8-12)20(2)10-13-6-7-15(19)9-16(13)18/h3-9,11H,10,19H2,1-2H3. The van der Waals surface area contributed by atoms with Gasteiger partial charge in [-0.05, 0) is 43.8 Å². The molecule has 2 N–H and O–H groups in total. The largest absolute Gasteiger partial charge is 0.399 e. The normalized spacial score (nSPS) is 12.7. The predicted molar refractivity (Wildman–Crippen MR) is 82.1 cm³/mol. The summed E-state index contributed by atoms with van der Waals surface area (Å²) in [5, 5.41) is 0.710. The highest BCUT2D eigenvalue weighted by molar-refractivity contribution is 6.30. The van der Waals surface area contributed by atoms with Crippen molar-refractivity contribution in [2.75, 3.05) is 12.8 Å². The maximum atomic E-state index is 13.8. The van der Waals surface area contributed by atoms with Crippen LogP contribution >= 0.6 is 11.6 Å². The molecule has 0 aliphatic carbocycles. The number of hydrogen-bond acceptors (Lipinski definition) is 2. The number of halogens is 2. The van der Waals surface area contributed by atoms with E-state index in [-0.39, 0.29) is 11.9 Å². The molecule has 0 bridgehead atoms. The Morgan fingerprint density at radius 2 is 2.00 bits per heavy atom. The number of hydrogen-bond donors (Lipinski definition) is 1. The Bertz CT molecular complexity index is 601. The van der Waals surface area contributed by atoms with E-state index in [2.05, 4.69) is 11.8 Å². The molecule has 2 nitrogen and oxygen atoms in total. The summed E-state index contributed by atoms with van der Waals surface area (Å²) in [5.41, 5.74) is 7.74. The molecule has 0 radical (unpaired) electrons. The van der Waals surface area contributed by atoms with E-state index in [1.54, 1.807) is 12.1 Å². The SMILES string of the molecule is CC(c1cccc(Cl)c1)N(C)Cc1ccc(N)cc1F. The van der Waals surface area contributed by atoms with Crippen LogP contribution in [0.3, 0.4) is 0 Å². The number of nitrogens with two attached hydrogens (primary N) is 1. The molecule has 0 saturated heterocycles. The molecule has 106 valence electrons. The van der Waals surface area contributed by atoms with E-state index in [0.29, 0.717) is 22.8 Å². The summed E-state index contributed by atoms with van der Waals surface area (Å²) < 4.78 is 13.8. The van der Waals surface area contributed by atoms with Gasteiger partial charge in [0.1, 0.15) is 5.82 Å². The van der Waals surface area contributed by atoms with Crippen molar-refractivity contribution in [1.82, 2.24) is 4.90 Å². The molecule has 1 unspecified atom stereocenters. The second-order valence-electron chi connectivity index (χ2n) is 5.00. The second kappa shape index (κ2) is 6.25. The third kappa shape index (κ3) is 3.50. The van der Waals surface area contributed by atoms with Gasteiger partial charge >= 0.3 is 0 Å². The molecule has 0 aliphatic rings. The minimum absolute atomic E-state index is 0.144. The van der Waals surface area contributed by atoms with E-state index in [1.165, 1.54) is 6.07 Å². The number of nitrogen functional groups attached to an aromatic ring is 1. The molecular formula is C16H18ClFN2. The molecule has 2 aromatic rings. The summed E-state index contributed by atoms with van der Waals surface area (Å²) in [6, 6.07) is 12.7. The molecule has 0 saturated carbocycles. The van der Waals surface area contributed by atoms with Crippen LogP contribution in [0.15, 0.2) is 42.5 Å². The summed E-state index contributed by atoms with van der Waals surface area (Å²) in [4.78, 5) is 2.07. The number of anilines is 1. The van der Waals surface area contributed by atoms with Crippen molar-refractivity contribution in [1.29, 1.82) is 0 Å². The first kappa shape index (κ1) is 14.8. The molecule has 0 aromatic heterocycles. The Kier molecular flexibility index (Phi) is 4.63. The molecule has 2 rings (SSSR count). The molecular weight excluding hydrogens is 275 g/mol. The Morgan fingerprint density at radius 1 is 1.25 bits per heavy atom. The van der Waals surface area contributed by atoms with Crippen LogP contribution in [-0.2, 0) is 6.54 Å². The smallest absolute Gasteiger partial charge is 0.129 e. The zero-order chi connectivity index (χ0) is 14.7. The average molecular weight is 293 g/mol. The van der Waals surface area contributed by atoms with Crippen LogP contribution in [0.5, 0.6) is 0 Å². The van der Waals surface area contributed by atoms with Crippen molar-refractivity contribution in [2.45, 2.75) is 19.5 Å². The van der Waals surface area contributed by atoms with Gasteiger partial charge in [-0.15, -0.1) is 0 Å². The maximum absolute atomic E-state index is 13.8. The summed E-state index contributed by atoms with van der Waals surface area (Å²) in [6.07, 6.45) is 0. The summed E-state index contributed by atoms with van der Waals surface area (Å²) >= 11 is 6.00. The summed E-state index contributed by atoms with van der Waals surface area (Å²) in [5.74, 6) is -0.268. The Labute approximate surface area is 124 Å². The van der Waals surface area contributed by atoms with E-state index < -0.39 is 0 Å². The molecule has 0 fully saturated rings. The monoisotopic (exact) mass is 292 g/mol. The van der Waals surface area contributed by atoms with E-state index in [0.717, 1.165) is 5.56 Å². The van der Waals surface area contributed by atoms with Crippen LogP contribution < -0.4 is 5.73 Å². The molecule has 0 spiro atoms. The molecule has 20 heavy (non-hydrogen) atoms. The van der Waals surface area contributed by atoms with Gasteiger partial charge in [0.05, 0.1) is 0 Å². The van der Waals surface area contributed by atoms with E-state index in [9.17, 15) is 4.39 Å². The summed E-state index contributed by atoms with van der Waals surface area (Å²) in [7, 11) is 1.96. The maximum Gasteiger partial charge on any atom is 0.129 e. The topological polar surface area (TPSA) is 29.3 Å². The van der Waals surface area contributed by atoms with Crippen molar-refractivity contribution >= 4 is 17.3 Å². The number of rotatable bonds is 4. The molecule has 1 atom stereocenters. The lowest BCUT2D eigenvalue weighted by atomic mass is 10.1. The van der Waals surface area contributed by atoms with Gasteiger partial charge in [-0.2, -0.15) is 0 Å². The van der Waals surface area contributed by atoms with Crippen LogP contribution in [0.2, 0.25) is 5.02 Å². The molecule has 2 aromatic carbocycles. The lowest BCUT2D eigenvalue weighted by Crippen LogP contribution is -2.22. The number of nitrogens with zero attached hydrogens (tertiary/aromatic N) is 1. The first-order valence-corrected chi connectivity index (χ1v) is 6.85. The Hall–Kier alpha value is -1.58. The first-order chi connectivity index (χ1) is 9.47. The zero-order valence-electron chi connectivity index (χ0n) is 11.6. The Balaban J connectivity index is 2.13. The highest BCUT2D eigenvalue weighted by Gasteiger charge is 2.14. The van der Waals surface area contributed by atoms with Crippen LogP contribution in [0.1, 0.15) is 24.1 Å². The third-order valence-electron chi connectivity index (χ3n) is 3.49. The van der Waals surface area contributed by atoms with Crippen LogP contribution in [-0.4, -0.2) is 11.9 Å². The van der Waals surface area contributed by atoms with Gasteiger partial charge in [0.25, 0.3) is 0 Å². The minimum Gasteiger partial charge on any atom is -0.399 e. The lowest BCUT2D eigenvalue weighted by Gasteiger charge is -2.25. The van der Waals surface area contributed by atoms with Gasteiger partial charge in [-0.25, -0.2) is 4.39 Å². The van der Waals surface area contributed by atoms with Crippen molar-refractivity contribution in [3.05, 3.63) is 64.4 Å². The van der Waals surface area contributed by atoms with Crippen LogP contribution in [0.25, 0.3) is 0 Å². The van der Waals surface area contributed by atoms with Gasteiger partial charge in [-0.3, -0.25) is 4.90 Å². The third-order valence-corrected chi connectivity index (χ3v) is 3.72. The molecule has 0 aliphatic heterocycles. The second-order valence-corrected chi connectivity index (χ2v) is 5.43. The van der Waals surface area contributed by atoms with Crippen molar-refractivity contribution < 1.29 is 4.39 Å². The first-order valence-electron chi connectivity index (χ1n) is 6.47.